The Bertz CT molecular complexity index is 439. The molecule has 0 aliphatic carbocycles. The van der Waals surface area contributed by atoms with E-state index >= 15 is 0 Å². The van der Waals surface area contributed by atoms with Crippen LogP contribution < -0.4 is 0 Å². The molecule has 0 radical (unpaired) electrons. The zero-order chi connectivity index (χ0) is 13.5. The quantitative estimate of drug-likeness (QED) is 0.305. The molecular formula is C10H13ClN4O3. The Kier molecular flexibility index (Phi) is 5.84. The molecule has 1 rings (SSSR count). The lowest BCUT2D eigenvalue weighted by molar-refractivity contribution is -0.00637. The van der Waals surface area contributed by atoms with Crippen LogP contribution >= 0.6 is 11.6 Å². The first-order valence-corrected chi connectivity index (χ1v) is 5.58. The molecule has 7 nitrogen and oxygen atoms in total. The molecular weight excluding hydrogens is 260 g/mol. The second-order valence-electron chi connectivity index (χ2n) is 3.67. The van der Waals surface area contributed by atoms with Gasteiger partial charge in [-0.15, -0.1) is 0 Å². The Morgan fingerprint density at radius 3 is 2.78 bits per heavy atom. The van der Waals surface area contributed by atoms with Gasteiger partial charge in [0.05, 0.1) is 24.9 Å². The first-order chi connectivity index (χ1) is 8.60. The molecule has 1 aromatic heterocycles. The van der Waals surface area contributed by atoms with Crippen molar-refractivity contribution in [2.45, 2.75) is 24.7 Å². The summed E-state index contributed by atoms with van der Waals surface area (Å²) in [6, 6.07) is 2.21. The topological polar surface area (TPSA) is 122 Å². The fraction of sp³-hybridized carbons (Fsp3) is 0.500. The Balaban J connectivity index is 2.73. The van der Waals surface area contributed by atoms with Gasteiger partial charge in [0.2, 0.25) is 0 Å². The molecule has 0 amide bonds. The first kappa shape index (κ1) is 14.7. The van der Waals surface area contributed by atoms with Gasteiger partial charge in [-0.05, 0) is 17.2 Å². The van der Waals surface area contributed by atoms with Gasteiger partial charge in [-0.2, -0.15) is 0 Å². The third kappa shape index (κ3) is 3.83. The standard InChI is InChI=1S/C10H13ClN4O3/c11-10-6(2-1-3-13-10)4-8(17)9(18)7(5-16)14-15-12/h1-3,7-9,16-18H,4-5H2/t7-,8-,9+/m1/s1. The second kappa shape index (κ2) is 7.15. The van der Waals surface area contributed by atoms with E-state index in [2.05, 4.69) is 15.0 Å². The molecule has 3 atom stereocenters. The van der Waals surface area contributed by atoms with E-state index < -0.39 is 24.9 Å². The Morgan fingerprint density at radius 1 is 1.50 bits per heavy atom. The maximum Gasteiger partial charge on any atom is 0.132 e. The summed E-state index contributed by atoms with van der Waals surface area (Å²) in [5, 5.41) is 31.9. The van der Waals surface area contributed by atoms with Gasteiger partial charge < -0.3 is 15.3 Å². The average Bonchev–Trinajstić information content (AvgIpc) is 2.37. The van der Waals surface area contributed by atoms with E-state index in [9.17, 15) is 10.2 Å². The predicted molar refractivity (Wildman–Crippen MR) is 65.0 cm³/mol. The number of pyridine rings is 1. The molecule has 3 N–H and O–H groups in total. The van der Waals surface area contributed by atoms with Crippen LogP contribution in [0, 0.1) is 0 Å². The summed E-state index contributed by atoms with van der Waals surface area (Å²) in [6.07, 6.45) is -1.03. The number of nitrogens with zero attached hydrogens (tertiary/aromatic N) is 4. The molecule has 8 heteroatoms. The maximum absolute atomic E-state index is 9.79. The minimum absolute atomic E-state index is 0.0469. The minimum atomic E-state index is -1.37. The smallest absolute Gasteiger partial charge is 0.132 e. The van der Waals surface area contributed by atoms with Crippen molar-refractivity contribution in [2.24, 2.45) is 5.11 Å². The molecule has 18 heavy (non-hydrogen) atoms. The van der Waals surface area contributed by atoms with Crippen molar-refractivity contribution in [3.63, 3.8) is 0 Å². The van der Waals surface area contributed by atoms with Gasteiger partial charge in [-0.3, -0.25) is 0 Å². The van der Waals surface area contributed by atoms with Gasteiger partial charge in [-0.1, -0.05) is 22.8 Å². The van der Waals surface area contributed by atoms with Crippen LogP contribution in [0.5, 0.6) is 0 Å². The number of hydrogen-bond acceptors (Lipinski definition) is 5. The van der Waals surface area contributed by atoms with Crippen LogP contribution in [0.4, 0.5) is 0 Å². The monoisotopic (exact) mass is 272 g/mol. The van der Waals surface area contributed by atoms with Crippen molar-refractivity contribution in [1.29, 1.82) is 0 Å². The number of aliphatic hydroxyl groups excluding tert-OH is 3. The predicted octanol–water partition coefficient (Wildman–Crippen LogP) is 0.671. The van der Waals surface area contributed by atoms with E-state index in [1.807, 2.05) is 0 Å². The van der Waals surface area contributed by atoms with Gasteiger partial charge >= 0.3 is 0 Å². The highest BCUT2D eigenvalue weighted by atomic mass is 35.5. The van der Waals surface area contributed by atoms with Crippen molar-refractivity contribution >= 4 is 11.6 Å². The molecule has 0 aliphatic heterocycles. The molecule has 0 aromatic carbocycles. The molecule has 1 heterocycles. The van der Waals surface area contributed by atoms with Crippen LogP contribution in [0.1, 0.15) is 5.56 Å². The van der Waals surface area contributed by atoms with Gasteiger partial charge in [-0.25, -0.2) is 4.98 Å². The van der Waals surface area contributed by atoms with Crippen LogP contribution in [0.25, 0.3) is 10.4 Å². The summed E-state index contributed by atoms with van der Waals surface area (Å²) in [7, 11) is 0. The van der Waals surface area contributed by atoms with Crippen LogP contribution in [0.3, 0.4) is 0 Å². The lowest BCUT2D eigenvalue weighted by Crippen LogP contribution is -2.39. The summed E-state index contributed by atoms with van der Waals surface area (Å²) in [5.41, 5.74) is 8.81. The van der Waals surface area contributed by atoms with Gasteiger partial charge in [0, 0.05) is 17.5 Å². The summed E-state index contributed by atoms with van der Waals surface area (Å²) in [5.74, 6) is 0. The van der Waals surface area contributed by atoms with Crippen LogP contribution in [-0.2, 0) is 6.42 Å². The fourth-order valence-electron chi connectivity index (χ4n) is 1.45. The zero-order valence-electron chi connectivity index (χ0n) is 9.39. The number of rotatable bonds is 6. The third-order valence-electron chi connectivity index (χ3n) is 2.44. The largest absolute Gasteiger partial charge is 0.396 e. The van der Waals surface area contributed by atoms with Crippen molar-refractivity contribution in [1.82, 2.24) is 4.98 Å². The second-order valence-corrected chi connectivity index (χ2v) is 4.03. The van der Waals surface area contributed by atoms with E-state index in [0.717, 1.165) is 0 Å². The maximum atomic E-state index is 9.79. The van der Waals surface area contributed by atoms with Crippen LogP contribution in [0.2, 0.25) is 5.15 Å². The highest BCUT2D eigenvalue weighted by Crippen LogP contribution is 2.16. The number of aliphatic hydroxyl groups is 3. The molecule has 0 bridgehead atoms. The van der Waals surface area contributed by atoms with Crippen LogP contribution in [-0.4, -0.2) is 45.2 Å². The average molecular weight is 273 g/mol. The number of azide groups is 1. The van der Waals surface area contributed by atoms with E-state index in [1.165, 1.54) is 6.20 Å². The number of halogens is 1. The third-order valence-corrected chi connectivity index (χ3v) is 2.78. The van der Waals surface area contributed by atoms with Gasteiger partial charge in [0.25, 0.3) is 0 Å². The Hall–Kier alpha value is -1.37. The van der Waals surface area contributed by atoms with Crippen molar-refractivity contribution in [3.8, 4) is 0 Å². The van der Waals surface area contributed by atoms with Crippen molar-refractivity contribution < 1.29 is 15.3 Å². The fourth-order valence-corrected chi connectivity index (χ4v) is 1.65. The van der Waals surface area contributed by atoms with Crippen LogP contribution in [0.15, 0.2) is 23.4 Å². The van der Waals surface area contributed by atoms with Gasteiger partial charge in [0.1, 0.15) is 5.15 Å². The molecule has 1 aromatic rings. The normalized spacial score (nSPS) is 15.6. The van der Waals surface area contributed by atoms with Crippen molar-refractivity contribution in [3.05, 3.63) is 39.5 Å². The van der Waals surface area contributed by atoms with Gasteiger partial charge in [0.15, 0.2) is 0 Å². The van der Waals surface area contributed by atoms with E-state index in [-0.39, 0.29) is 11.6 Å². The zero-order valence-corrected chi connectivity index (χ0v) is 10.1. The summed E-state index contributed by atoms with van der Waals surface area (Å²) in [6.45, 7) is -0.553. The Morgan fingerprint density at radius 2 is 2.22 bits per heavy atom. The Labute approximate surface area is 108 Å². The molecule has 0 saturated carbocycles. The van der Waals surface area contributed by atoms with E-state index in [4.69, 9.17) is 22.2 Å². The minimum Gasteiger partial charge on any atom is -0.396 e. The highest BCUT2D eigenvalue weighted by Gasteiger charge is 2.25. The molecule has 0 saturated heterocycles. The summed E-state index contributed by atoms with van der Waals surface area (Å²) < 4.78 is 0. The molecule has 0 fully saturated rings. The number of aromatic nitrogens is 1. The van der Waals surface area contributed by atoms with Crippen molar-refractivity contribution in [2.75, 3.05) is 6.61 Å². The highest BCUT2D eigenvalue weighted by molar-refractivity contribution is 6.30. The lowest BCUT2D eigenvalue weighted by Gasteiger charge is -2.22. The molecule has 0 spiro atoms. The van der Waals surface area contributed by atoms with E-state index in [0.29, 0.717) is 5.56 Å². The first-order valence-electron chi connectivity index (χ1n) is 5.20. The molecule has 98 valence electrons. The summed E-state index contributed by atoms with van der Waals surface area (Å²) in [4.78, 5) is 6.32. The molecule has 0 aliphatic rings. The summed E-state index contributed by atoms with van der Waals surface area (Å²) >= 11 is 5.81. The van der Waals surface area contributed by atoms with E-state index in [1.54, 1.807) is 12.1 Å². The SMILES string of the molecule is [N-]=[N+]=N[C@H](CO)[C@H](O)[C@H](O)Cc1cccnc1Cl. The lowest BCUT2D eigenvalue weighted by atomic mass is 10.0. The number of hydrogen-bond donors (Lipinski definition) is 3. The molecule has 0 unspecified atom stereocenters.